The molecule has 1 rings (SSSR count). The lowest BCUT2D eigenvalue weighted by molar-refractivity contribution is -0.275. The number of alkyl halides is 3. The number of carbonyl (C=O) groups excluding carboxylic acids is 2. The molecule has 1 aromatic rings. The highest BCUT2D eigenvalue weighted by molar-refractivity contribution is 14.2. The minimum Gasteiger partial charge on any atom is -0.404 e. The topological polar surface area (TPSA) is 89.5 Å². The van der Waals surface area contributed by atoms with Crippen molar-refractivity contribution in [2.24, 2.45) is 0 Å². The Bertz CT molecular complexity index is 864. The molecule has 0 bridgehead atoms. The predicted molar refractivity (Wildman–Crippen MR) is 139 cm³/mol. The Kier molecular flexibility index (Phi) is 16.6. The van der Waals surface area contributed by atoms with Crippen molar-refractivity contribution in [3.05, 3.63) is 27.3 Å². The summed E-state index contributed by atoms with van der Waals surface area (Å²) in [6, 6.07) is 2.94. The van der Waals surface area contributed by atoms with Gasteiger partial charge in [-0.3, -0.25) is 14.9 Å². The average molecular weight is 629 g/mol. The molecule has 0 radical (unpaired) electrons. The Hall–Kier alpha value is -1.72. The van der Waals surface area contributed by atoms with Gasteiger partial charge in [-0.2, -0.15) is 0 Å². The summed E-state index contributed by atoms with van der Waals surface area (Å²) < 4.78 is 63.7. The molecular weight excluding hydrogens is 590 g/mol. The fourth-order valence-electron chi connectivity index (χ4n) is 3.96. The van der Waals surface area contributed by atoms with E-state index in [9.17, 15) is 28.9 Å². The summed E-state index contributed by atoms with van der Waals surface area (Å²) in [4.78, 5) is 24.4. The third-order valence-corrected chi connectivity index (χ3v) is 7.84. The quantitative estimate of drug-likeness (QED) is 0.123. The van der Waals surface area contributed by atoms with E-state index in [-0.39, 0.29) is 6.42 Å². The minimum absolute atomic E-state index is 0.0785. The molecule has 0 spiro atoms. The second kappa shape index (κ2) is 18.5. The van der Waals surface area contributed by atoms with Crippen molar-refractivity contribution in [3.63, 3.8) is 0 Å². The standard InChI is InChI=1S/C26H39F3INO5/c1-2-3-4-5-6-7-8-9-10-11-12-13-14-15-16-20-23(32)31-25(33)21-18-17-19-22(24(21)30(34)35)36-26(27,28)29/h17-19H,2-16,20H2,1H3,(H,31,32,33). The number of imide groups is 1. The van der Waals surface area contributed by atoms with Crippen LogP contribution < -0.4 is 10.1 Å². The molecule has 10 heteroatoms. The van der Waals surface area contributed by atoms with Gasteiger partial charge in [0.15, 0.2) is 0 Å². The zero-order valence-corrected chi connectivity index (χ0v) is 23.3. The van der Waals surface area contributed by atoms with Gasteiger partial charge >= 0.3 is 26.2 Å². The van der Waals surface area contributed by atoms with Gasteiger partial charge in [-0.1, -0.05) is 103 Å². The second-order valence-corrected chi connectivity index (χ2v) is 11.3. The van der Waals surface area contributed by atoms with Crippen LogP contribution in [0, 0.1) is 3.57 Å². The van der Waals surface area contributed by atoms with Crippen molar-refractivity contribution >= 4 is 31.6 Å². The molecule has 1 aromatic carbocycles. The van der Waals surface area contributed by atoms with Crippen LogP contribution in [-0.2, 0) is 10.9 Å². The van der Waals surface area contributed by atoms with Crippen molar-refractivity contribution in [3.8, 4) is 5.75 Å². The Morgan fingerprint density at radius 1 is 0.806 bits per heavy atom. The van der Waals surface area contributed by atoms with Crippen molar-refractivity contribution in [1.82, 2.24) is 5.32 Å². The van der Waals surface area contributed by atoms with Crippen LogP contribution >= 0.6 is 19.8 Å². The Balaban J connectivity index is 2.23. The molecule has 0 aliphatic rings. The maximum atomic E-state index is 12.5. The number of hydrogen-bond acceptors (Lipinski definition) is 5. The maximum absolute atomic E-state index is 12.5. The molecule has 0 atom stereocenters. The van der Waals surface area contributed by atoms with Crippen molar-refractivity contribution < 1.29 is 33.6 Å². The normalized spacial score (nSPS) is 11.6. The number of amides is 2. The predicted octanol–water partition coefficient (Wildman–Crippen LogP) is 8.47. The van der Waals surface area contributed by atoms with Crippen LogP contribution in [0.25, 0.3) is 0 Å². The first-order chi connectivity index (χ1) is 17.2. The highest BCUT2D eigenvalue weighted by Crippen LogP contribution is 2.34. The molecular formula is C26H39F3INO5. The van der Waals surface area contributed by atoms with Gasteiger partial charge < -0.3 is 4.74 Å². The summed E-state index contributed by atoms with van der Waals surface area (Å²) in [6.07, 6.45) is 12.7. The van der Waals surface area contributed by atoms with Crippen molar-refractivity contribution in [2.75, 3.05) is 0 Å². The zero-order chi connectivity index (χ0) is 26.8. The molecule has 0 aromatic heterocycles. The van der Waals surface area contributed by atoms with Crippen LogP contribution in [0.2, 0.25) is 0 Å². The number of ether oxygens (including phenoxy) is 1. The Morgan fingerprint density at radius 3 is 1.72 bits per heavy atom. The number of nitrogens with one attached hydrogen (secondary N) is 1. The third kappa shape index (κ3) is 14.7. The summed E-state index contributed by atoms with van der Waals surface area (Å²) in [6.45, 7) is 2.23. The van der Waals surface area contributed by atoms with Gasteiger partial charge in [0.25, 0.3) is 5.91 Å². The lowest BCUT2D eigenvalue weighted by Crippen LogP contribution is -2.31. The van der Waals surface area contributed by atoms with Crippen LogP contribution in [0.15, 0.2) is 18.2 Å². The van der Waals surface area contributed by atoms with Gasteiger partial charge in [-0.15, -0.1) is 13.2 Å². The maximum Gasteiger partial charge on any atom is 0.573 e. The summed E-state index contributed by atoms with van der Waals surface area (Å²) in [5.41, 5.74) is -0.531. The van der Waals surface area contributed by atoms with Crippen molar-refractivity contribution in [2.45, 2.75) is 116 Å². The van der Waals surface area contributed by atoms with Gasteiger partial charge in [0.1, 0.15) is 9.32 Å². The molecule has 0 saturated carbocycles. The van der Waals surface area contributed by atoms with E-state index in [2.05, 4.69) is 17.0 Å². The molecule has 206 valence electrons. The summed E-state index contributed by atoms with van der Waals surface area (Å²) in [5.74, 6) is -2.63. The van der Waals surface area contributed by atoms with Crippen LogP contribution in [0.4, 0.5) is 13.2 Å². The fraction of sp³-hybridized carbons (Fsp3) is 0.692. The number of carbonyl (C=O) groups is 2. The highest BCUT2D eigenvalue weighted by Gasteiger charge is 2.34. The number of halogens is 4. The summed E-state index contributed by atoms with van der Waals surface area (Å²) in [5, 5.41) is 2.06. The summed E-state index contributed by atoms with van der Waals surface area (Å²) >= 11 is -4.54. The number of rotatable bonds is 19. The van der Waals surface area contributed by atoms with Gasteiger partial charge in [-0.25, -0.2) is 6.14 Å². The fourth-order valence-corrected chi connectivity index (χ4v) is 5.59. The number of benzene rings is 1. The molecule has 0 aliphatic carbocycles. The van der Waals surface area contributed by atoms with Gasteiger partial charge in [0, 0.05) is 6.42 Å². The SMILES string of the molecule is CCCCCCCCCCCCCCCCCC(=O)NC(=O)c1cccc(OC(F)(F)F)c1I(=O)=O. The van der Waals surface area contributed by atoms with Crippen LogP contribution in [0.5, 0.6) is 5.75 Å². The molecule has 1 N–H and O–H groups in total. The van der Waals surface area contributed by atoms with E-state index >= 15 is 0 Å². The van der Waals surface area contributed by atoms with Crippen molar-refractivity contribution in [1.29, 1.82) is 0 Å². The first kappa shape index (κ1) is 32.3. The largest absolute Gasteiger partial charge is 0.573 e. The van der Waals surface area contributed by atoms with Crippen LogP contribution in [-0.4, -0.2) is 18.2 Å². The van der Waals surface area contributed by atoms with Gasteiger partial charge in [-0.05, 0) is 18.6 Å². The average Bonchev–Trinajstić information content (AvgIpc) is 2.80. The molecule has 0 aliphatic heterocycles. The molecule has 6 nitrogen and oxygen atoms in total. The molecule has 0 heterocycles. The monoisotopic (exact) mass is 629 g/mol. The van der Waals surface area contributed by atoms with Crippen LogP contribution in [0.1, 0.15) is 120 Å². The van der Waals surface area contributed by atoms with E-state index in [0.717, 1.165) is 43.9 Å². The number of unbranched alkanes of at least 4 members (excludes halogenated alkanes) is 14. The van der Waals surface area contributed by atoms with Gasteiger partial charge in [0.2, 0.25) is 5.91 Å². The Labute approximate surface area is 219 Å². The smallest absolute Gasteiger partial charge is 0.404 e. The number of hydrogen-bond donors (Lipinski definition) is 1. The molecule has 0 unspecified atom stereocenters. The van der Waals surface area contributed by atoms with E-state index in [0.29, 0.717) is 6.42 Å². The molecule has 0 fully saturated rings. The summed E-state index contributed by atoms with van der Waals surface area (Å²) in [7, 11) is 0. The van der Waals surface area contributed by atoms with E-state index in [1.165, 1.54) is 64.2 Å². The van der Waals surface area contributed by atoms with Gasteiger partial charge in [0.05, 0.1) is 5.56 Å². The first-order valence-electron chi connectivity index (χ1n) is 12.9. The molecule has 36 heavy (non-hydrogen) atoms. The third-order valence-electron chi connectivity index (χ3n) is 5.85. The Morgan fingerprint density at radius 2 is 1.28 bits per heavy atom. The van der Waals surface area contributed by atoms with E-state index in [4.69, 9.17) is 0 Å². The molecule has 2 amide bonds. The van der Waals surface area contributed by atoms with E-state index in [1.54, 1.807) is 0 Å². The molecule has 0 saturated heterocycles. The second-order valence-electron chi connectivity index (χ2n) is 8.96. The minimum atomic E-state index is -5.11. The first-order valence-corrected chi connectivity index (χ1v) is 15.8. The van der Waals surface area contributed by atoms with E-state index < -0.39 is 52.9 Å². The zero-order valence-electron chi connectivity index (χ0n) is 21.1. The van der Waals surface area contributed by atoms with E-state index in [1.807, 2.05) is 0 Å². The lowest BCUT2D eigenvalue weighted by Gasteiger charge is -2.12. The van der Waals surface area contributed by atoms with Crippen LogP contribution in [0.3, 0.4) is 0 Å². The lowest BCUT2D eigenvalue weighted by atomic mass is 10.0. The highest BCUT2D eigenvalue weighted by atomic mass is 127.